The highest BCUT2D eigenvalue weighted by molar-refractivity contribution is 7.87. The normalized spacial score (nSPS) is 13.6. The number of nitrogens with one attached hydrogen (secondary N) is 1. The van der Waals surface area contributed by atoms with Crippen LogP contribution >= 0.6 is 0 Å². The first-order valence-corrected chi connectivity index (χ1v) is 7.16. The lowest BCUT2D eigenvalue weighted by Crippen LogP contribution is -2.29. The monoisotopic (exact) mass is 283 g/mol. The molecule has 5 nitrogen and oxygen atoms in total. The first-order valence-electron chi connectivity index (χ1n) is 5.78. The number of amides is 1. The second-order valence-electron chi connectivity index (χ2n) is 4.37. The summed E-state index contributed by atoms with van der Waals surface area (Å²) in [6.45, 7) is 5.13. The summed E-state index contributed by atoms with van der Waals surface area (Å²) in [4.78, 5) is 22.3. The number of aryl methyl sites for hydroxylation is 2. The Morgan fingerprint density at radius 2 is 2.00 bits per heavy atom. The summed E-state index contributed by atoms with van der Waals surface area (Å²) in [5, 5.41) is 10.3. The largest absolute Gasteiger partial charge is 0.480 e. The standard InChI is InChI=1S/C13H17NO4S/c1-8-4-5-11(9(2)6-8)14-12(15)7-19(18)10(3)13(16)17/h4-6,10H,7H2,1-3H3,(H,14,15)(H,16,17). The number of carboxylic acid groups (broad SMARTS) is 1. The highest BCUT2D eigenvalue weighted by atomic mass is 32.2. The van der Waals surface area contributed by atoms with Gasteiger partial charge in [0.15, 0.2) is 0 Å². The van der Waals surface area contributed by atoms with Crippen LogP contribution in [0.25, 0.3) is 0 Å². The molecule has 0 aliphatic carbocycles. The molecule has 0 aromatic heterocycles. The molecule has 0 heterocycles. The third-order valence-corrected chi connectivity index (χ3v) is 4.21. The van der Waals surface area contributed by atoms with Crippen molar-refractivity contribution in [3.8, 4) is 0 Å². The van der Waals surface area contributed by atoms with E-state index in [2.05, 4.69) is 5.32 Å². The molecule has 0 aliphatic rings. The minimum Gasteiger partial charge on any atom is -0.480 e. The summed E-state index contributed by atoms with van der Waals surface area (Å²) in [5.41, 5.74) is 2.64. The van der Waals surface area contributed by atoms with Crippen molar-refractivity contribution in [3.63, 3.8) is 0 Å². The summed E-state index contributed by atoms with van der Waals surface area (Å²) in [5.74, 6) is -1.93. The summed E-state index contributed by atoms with van der Waals surface area (Å²) in [6, 6.07) is 5.55. The number of rotatable bonds is 5. The number of carboxylic acids is 1. The maximum atomic E-state index is 11.7. The molecule has 0 bridgehead atoms. The number of carbonyl (C=O) groups excluding carboxylic acids is 1. The van der Waals surface area contributed by atoms with E-state index in [1.807, 2.05) is 26.0 Å². The van der Waals surface area contributed by atoms with Crippen molar-refractivity contribution in [1.29, 1.82) is 0 Å². The van der Waals surface area contributed by atoms with Crippen molar-refractivity contribution >= 4 is 28.4 Å². The molecule has 1 rings (SSSR count). The number of anilines is 1. The lowest BCUT2D eigenvalue weighted by Gasteiger charge is -2.10. The Balaban J connectivity index is 2.65. The van der Waals surface area contributed by atoms with Gasteiger partial charge in [-0.2, -0.15) is 0 Å². The molecule has 104 valence electrons. The van der Waals surface area contributed by atoms with Gasteiger partial charge in [-0.1, -0.05) is 17.7 Å². The van der Waals surface area contributed by atoms with E-state index in [9.17, 15) is 13.8 Å². The molecule has 1 aromatic rings. The summed E-state index contributed by atoms with van der Waals surface area (Å²) >= 11 is 0. The molecular formula is C13H17NO4S. The van der Waals surface area contributed by atoms with Crippen LogP contribution < -0.4 is 5.32 Å². The predicted molar refractivity (Wildman–Crippen MR) is 74.7 cm³/mol. The van der Waals surface area contributed by atoms with E-state index in [-0.39, 0.29) is 5.75 Å². The van der Waals surface area contributed by atoms with Crippen molar-refractivity contribution in [2.75, 3.05) is 11.1 Å². The fourth-order valence-electron chi connectivity index (χ4n) is 1.51. The Hall–Kier alpha value is -1.69. The van der Waals surface area contributed by atoms with Crippen molar-refractivity contribution < 1.29 is 18.9 Å². The van der Waals surface area contributed by atoms with E-state index in [0.717, 1.165) is 11.1 Å². The summed E-state index contributed by atoms with van der Waals surface area (Å²) in [7, 11) is -1.72. The Kier molecular flexibility index (Phi) is 5.23. The minimum absolute atomic E-state index is 0.319. The first kappa shape index (κ1) is 15.4. The van der Waals surface area contributed by atoms with Crippen LogP contribution in [0, 0.1) is 13.8 Å². The zero-order valence-corrected chi connectivity index (χ0v) is 11.9. The van der Waals surface area contributed by atoms with Crippen LogP contribution in [0.1, 0.15) is 18.1 Å². The fraction of sp³-hybridized carbons (Fsp3) is 0.385. The number of benzene rings is 1. The highest BCUT2D eigenvalue weighted by Crippen LogP contribution is 2.16. The molecule has 2 unspecified atom stereocenters. The minimum atomic E-state index is -1.72. The van der Waals surface area contributed by atoms with Gasteiger partial charge in [-0.15, -0.1) is 0 Å². The molecule has 1 aromatic carbocycles. The van der Waals surface area contributed by atoms with Crippen LogP contribution in [0.15, 0.2) is 18.2 Å². The molecule has 0 aliphatic heterocycles. The maximum absolute atomic E-state index is 11.7. The molecular weight excluding hydrogens is 266 g/mol. The van der Waals surface area contributed by atoms with E-state index in [0.29, 0.717) is 5.69 Å². The molecule has 1 amide bonds. The Bertz CT molecular complexity index is 527. The molecule has 0 saturated carbocycles. The lowest BCUT2D eigenvalue weighted by atomic mass is 10.1. The quantitative estimate of drug-likeness (QED) is 0.857. The predicted octanol–water partition coefficient (Wildman–Crippen LogP) is 1.46. The van der Waals surface area contributed by atoms with Gasteiger partial charge in [0.05, 0.1) is 0 Å². The molecule has 0 spiro atoms. The fourth-order valence-corrected chi connectivity index (χ4v) is 2.31. The zero-order valence-electron chi connectivity index (χ0n) is 11.1. The zero-order chi connectivity index (χ0) is 14.6. The Morgan fingerprint density at radius 1 is 1.37 bits per heavy atom. The van der Waals surface area contributed by atoms with Crippen molar-refractivity contribution in [3.05, 3.63) is 29.3 Å². The van der Waals surface area contributed by atoms with Gasteiger partial charge in [-0.25, -0.2) is 0 Å². The maximum Gasteiger partial charge on any atom is 0.318 e. The average molecular weight is 283 g/mol. The lowest BCUT2D eigenvalue weighted by molar-refractivity contribution is -0.136. The van der Waals surface area contributed by atoms with Crippen molar-refractivity contribution in [2.45, 2.75) is 26.0 Å². The van der Waals surface area contributed by atoms with E-state index in [1.165, 1.54) is 6.92 Å². The average Bonchev–Trinajstić information content (AvgIpc) is 2.31. The summed E-state index contributed by atoms with van der Waals surface area (Å²) in [6.07, 6.45) is 0. The van der Waals surface area contributed by atoms with Gasteiger partial charge in [0.25, 0.3) is 0 Å². The third kappa shape index (κ3) is 4.48. The number of aliphatic carboxylic acids is 1. The van der Waals surface area contributed by atoms with Gasteiger partial charge in [0.1, 0.15) is 11.0 Å². The van der Waals surface area contributed by atoms with Gasteiger partial charge < -0.3 is 10.4 Å². The van der Waals surface area contributed by atoms with Gasteiger partial charge in [0, 0.05) is 16.5 Å². The van der Waals surface area contributed by atoms with Crippen LogP contribution in [0.3, 0.4) is 0 Å². The van der Waals surface area contributed by atoms with Gasteiger partial charge in [-0.3, -0.25) is 13.8 Å². The van der Waals surface area contributed by atoms with E-state index >= 15 is 0 Å². The van der Waals surface area contributed by atoms with Crippen molar-refractivity contribution in [1.82, 2.24) is 0 Å². The van der Waals surface area contributed by atoms with E-state index < -0.39 is 27.9 Å². The van der Waals surface area contributed by atoms with Crippen LogP contribution in [0.4, 0.5) is 5.69 Å². The Morgan fingerprint density at radius 3 is 2.53 bits per heavy atom. The van der Waals surface area contributed by atoms with Crippen molar-refractivity contribution in [2.24, 2.45) is 0 Å². The smallest absolute Gasteiger partial charge is 0.318 e. The number of hydrogen-bond acceptors (Lipinski definition) is 3. The Labute approximate surface area is 114 Å². The molecule has 19 heavy (non-hydrogen) atoms. The molecule has 0 fully saturated rings. The van der Waals surface area contributed by atoms with Crippen LogP contribution in [0.2, 0.25) is 0 Å². The molecule has 2 N–H and O–H groups in total. The van der Waals surface area contributed by atoms with E-state index in [1.54, 1.807) is 6.07 Å². The number of carbonyl (C=O) groups is 2. The highest BCUT2D eigenvalue weighted by Gasteiger charge is 2.21. The third-order valence-electron chi connectivity index (χ3n) is 2.67. The number of hydrogen-bond donors (Lipinski definition) is 2. The van der Waals surface area contributed by atoms with E-state index in [4.69, 9.17) is 5.11 Å². The van der Waals surface area contributed by atoms with Crippen LogP contribution in [0.5, 0.6) is 0 Å². The van der Waals surface area contributed by atoms with Gasteiger partial charge in [0.2, 0.25) is 5.91 Å². The van der Waals surface area contributed by atoms with Gasteiger partial charge in [-0.05, 0) is 32.4 Å². The molecule has 0 radical (unpaired) electrons. The first-order chi connectivity index (χ1) is 8.81. The second kappa shape index (κ2) is 6.47. The van der Waals surface area contributed by atoms with Crippen LogP contribution in [-0.4, -0.2) is 32.2 Å². The molecule has 0 saturated heterocycles. The van der Waals surface area contributed by atoms with Crippen LogP contribution in [-0.2, 0) is 20.4 Å². The molecule has 6 heteroatoms. The molecule has 2 atom stereocenters. The van der Waals surface area contributed by atoms with Gasteiger partial charge >= 0.3 is 5.97 Å². The summed E-state index contributed by atoms with van der Waals surface area (Å²) < 4.78 is 11.6. The topological polar surface area (TPSA) is 83.5 Å². The second-order valence-corrected chi connectivity index (χ2v) is 6.13. The SMILES string of the molecule is Cc1ccc(NC(=O)CS(=O)C(C)C(=O)O)c(C)c1.